The fraction of sp³-hybridized carbons (Fsp3) is 0. The minimum Gasteiger partial charge on any atom is -0.398 e. The smallest absolute Gasteiger partial charge is 0.0400 e. The van der Waals surface area contributed by atoms with Gasteiger partial charge >= 0.3 is 0 Å². The lowest BCUT2D eigenvalue weighted by Gasteiger charge is -2.14. The average molecular weight is 654 g/mol. The van der Waals surface area contributed by atoms with Crippen LogP contribution in [-0.2, 0) is 0 Å². The molecule has 2 N–H and O–H groups in total. The van der Waals surface area contributed by atoms with Crippen LogP contribution in [0.4, 0.5) is 5.69 Å². The van der Waals surface area contributed by atoms with Crippen molar-refractivity contribution in [1.82, 2.24) is 0 Å². The average Bonchev–Trinajstić information content (AvgIpc) is 3.20. The molecule has 1 nitrogen and oxygen atoms in total. The molecule has 0 saturated carbocycles. The van der Waals surface area contributed by atoms with E-state index in [2.05, 4.69) is 212 Å². The zero-order valence-corrected chi connectivity index (χ0v) is 28.4. The number of benzene rings is 7. The lowest BCUT2D eigenvalue weighted by Crippen LogP contribution is -1.93. The van der Waals surface area contributed by atoms with Gasteiger partial charge in [-0.2, -0.15) is 0 Å². The van der Waals surface area contributed by atoms with E-state index in [-0.39, 0.29) is 0 Å². The summed E-state index contributed by atoms with van der Waals surface area (Å²) < 4.78 is 0. The predicted octanol–water partition coefficient (Wildman–Crippen LogP) is 12.9. The van der Waals surface area contributed by atoms with Crippen molar-refractivity contribution in [2.75, 3.05) is 5.73 Å². The van der Waals surface area contributed by atoms with Gasteiger partial charge in [-0.15, -0.1) is 0 Å². The van der Waals surface area contributed by atoms with E-state index in [4.69, 9.17) is 5.73 Å². The largest absolute Gasteiger partial charge is 0.398 e. The Bertz CT molecular complexity index is 2210. The number of anilines is 1. The second-order valence-electron chi connectivity index (χ2n) is 12.4. The molecule has 0 amide bonds. The number of nitrogens with two attached hydrogens (primary N) is 1. The first-order valence-electron chi connectivity index (χ1n) is 17.3. The second-order valence-corrected chi connectivity index (χ2v) is 12.4. The molecule has 7 aromatic carbocycles. The summed E-state index contributed by atoms with van der Waals surface area (Å²) in [5.41, 5.74) is 21.2. The van der Waals surface area contributed by atoms with Crippen molar-refractivity contribution < 1.29 is 0 Å². The van der Waals surface area contributed by atoms with Crippen molar-refractivity contribution >= 4 is 29.0 Å². The fourth-order valence-electron chi connectivity index (χ4n) is 6.37. The monoisotopic (exact) mass is 653 g/mol. The van der Waals surface area contributed by atoms with E-state index < -0.39 is 0 Å². The quantitative estimate of drug-likeness (QED) is 0.115. The standard InChI is InChI=1S/C50H39N/c51-49-29-15-28-48(44-34-30-38(31-35-44)16-13-26-46(40-18-5-1-6-19-40)41-20-7-2-8-21-41)50(49)45-36-32-39(33-37-45)17-14-27-47(42-22-9-3-10-23-42)43-24-11-4-12-25-43/h1-37H,51H2. The van der Waals surface area contributed by atoms with Crippen LogP contribution in [0.2, 0.25) is 0 Å². The van der Waals surface area contributed by atoms with Crippen LogP contribution < -0.4 is 5.73 Å². The van der Waals surface area contributed by atoms with Gasteiger partial charge in [0.1, 0.15) is 0 Å². The van der Waals surface area contributed by atoms with Gasteiger partial charge in [0, 0.05) is 11.3 Å². The van der Waals surface area contributed by atoms with Crippen molar-refractivity contribution in [3.8, 4) is 22.3 Å². The highest BCUT2D eigenvalue weighted by Gasteiger charge is 2.11. The molecule has 0 heterocycles. The van der Waals surface area contributed by atoms with E-state index >= 15 is 0 Å². The van der Waals surface area contributed by atoms with Crippen molar-refractivity contribution in [3.05, 3.63) is 246 Å². The lowest BCUT2D eigenvalue weighted by atomic mass is 9.92. The van der Waals surface area contributed by atoms with Crippen LogP contribution in [0.3, 0.4) is 0 Å². The van der Waals surface area contributed by atoms with Gasteiger partial charge in [-0.1, -0.05) is 218 Å². The molecule has 0 spiro atoms. The molecule has 0 saturated heterocycles. The van der Waals surface area contributed by atoms with E-state index in [1.807, 2.05) is 12.1 Å². The van der Waals surface area contributed by atoms with Crippen molar-refractivity contribution in [3.63, 3.8) is 0 Å². The molecular formula is C50H39N. The molecule has 0 bridgehead atoms. The van der Waals surface area contributed by atoms with Gasteiger partial charge in [0.25, 0.3) is 0 Å². The Balaban J connectivity index is 1.11. The van der Waals surface area contributed by atoms with Crippen LogP contribution in [0.5, 0.6) is 0 Å². The van der Waals surface area contributed by atoms with Gasteiger partial charge in [-0.05, 0) is 67.3 Å². The molecule has 0 atom stereocenters. The van der Waals surface area contributed by atoms with Crippen LogP contribution in [0.25, 0.3) is 45.6 Å². The lowest BCUT2D eigenvalue weighted by molar-refractivity contribution is 1.54. The molecule has 51 heavy (non-hydrogen) atoms. The number of hydrogen-bond donors (Lipinski definition) is 1. The highest BCUT2D eigenvalue weighted by molar-refractivity contribution is 5.91. The van der Waals surface area contributed by atoms with E-state index in [1.165, 1.54) is 33.4 Å². The normalized spacial score (nSPS) is 11.1. The number of rotatable bonds is 10. The summed E-state index contributed by atoms with van der Waals surface area (Å²) in [4.78, 5) is 0. The van der Waals surface area contributed by atoms with Crippen LogP contribution in [-0.4, -0.2) is 0 Å². The van der Waals surface area contributed by atoms with Crippen molar-refractivity contribution in [1.29, 1.82) is 0 Å². The third-order valence-electron chi connectivity index (χ3n) is 8.96. The second kappa shape index (κ2) is 16.1. The Labute approximate surface area is 301 Å². The summed E-state index contributed by atoms with van der Waals surface area (Å²) in [6.07, 6.45) is 12.9. The molecule has 244 valence electrons. The number of allylic oxidation sites excluding steroid dienone is 4. The Kier molecular flexibility index (Phi) is 10.4. The van der Waals surface area contributed by atoms with Gasteiger partial charge < -0.3 is 5.73 Å². The Hall–Kier alpha value is -6.70. The summed E-state index contributed by atoms with van der Waals surface area (Å²) in [7, 11) is 0. The van der Waals surface area contributed by atoms with Crippen LogP contribution >= 0.6 is 0 Å². The predicted molar refractivity (Wildman–Crippen MR) is 220 cm³/mol. The Morgan fingerprint density at radius 2 is 0.725 bits per heavy atom. The topological polar surface area (TPSA) is 26.0 Å². The van der Waals surface area contributed by atoms with Crippen LogP contribution in [0, 0.1) is 0 Å². The minimum atomic E-state index is 0.762. The highest BCUT2D eigenvalue weighted by Crippen LogP contribution is 2.37. The van der Waals surface area contributed by atoms with Crippen molar-refractivity contribution in [2.24, 2.45) is 0 Å². The number of hydrogen-bond acceptors (Lipinski definition) is 1. The van der Waals surface area contributed by atoms with Gasteiger partial charge in [0.2, 0.25) is 0 Å². The van der Waals surface area contributed by atoms with Gasteiger partial charge in [0.05, 0.1) is 0 Å². The maximum Gasteiger partial charge on any atom is 0.0400 e. The summed E-state index contributed by atoms with van der Waals surface area (Å²) in [6.45, 7) is 0. The van der Waals surface area contributed by atoms with Gasteiger partial charge in [-0.3, -0.25) is 0 Å². The van der Waals surface area contributed by atoms with Gasteiger partial charge in [-0.25, -0.2) is 0 Å². The molecule has 0 aliphatic rings. The molecule has 0 fully saturated rings. The molecule has 0 aliphatic carbocycles. The fourth-order valence-corrected chi connectivity index (χ4v) is 6.37. The van der Waals surface area contributed by atoms with Gasteiger partial charge in [0.15, 0.2) is 0 Å². The molecule has 0 aliphatic heterocycles. The third-order valence-corrected chi connectivity index (χ3v) is 8.96. The SMILES string of the molecule is Nc1cccc(-c2ccc(C=CC=C(c3ccccc3)c3ccccc3)cc2)c1-c1ccc(C=CC=C(c2ccccc2)c2ccccc2)cc1. The summed E-state index contributed by atoms with van der Waals surface area (Å²) in [5, 5.41) is 0. The molecule has 7 rings (SSSR count). The third kappa shape index (κ3) is 8.13. The highest BCUT2D eigenvalue weighted by atomic mass is 14.6. The molecule has 1 heteroatoms. The first-order chi connectivity index (χ1) is 25.2. The molecule has 0 radical (unpaired) electrons. The van der Waals surface area contributed by atoms with E-state index in [9.17, 15) is 0 Å². The summed E-state index contributed by atoms with van der Waals surface area (Å²) >= 11 is 0. The van der Waals surface area contributed by atoms with Crippen molar-refractivity contribution in [2.45, 2.75) is 0 Å². The maximum atomic E-state index is 6.63. The number of nitrogen functional groups attached to an aromatic ring is 1. The molecule has 0 aromatic heterocycles. The summed E-state index contributed by atoms with van der Waals surface area (Å²) in [5.74, 6) is 0. The zero-order valence-electron chi connectivity index (χ0n) is 28.4. The summed E-state index contributed by atoms with van der Waals surface area (Å²) in [6, 6.07) is 65.6. The Morgan fingerprint density at radius 3 is 1.12 bits per heavy atom. The molecular weight excluding hydrogens is 615 g/mol. The van der Waals surface area contributed by atoms with E-state index in [1.54, 1.807) is 0 Å². The van der Waals surface area contributed by atoms with E-state index in [0.29, 0.717) is 0 Å². The van der Waals surface area contributed by atoms with Crippen LogP contribution in [0.1, 0.15) is 33.4 Å². The molecule has 0 unspecified atom stereocenters. The zero-order chi connectivity index (χ0) is 34.7. The van der Waals surface area contributed by atoms with Crippen LogP contribution in [0.15, 0.2) is 212 Å². The maximum absolute atomic E-state index is 6.63. The first kappa shape index (κ1) is 32.8. The minimum absolute atomic E-state index is 0.762. The first-order valence-corrected chi connectivity index (χ1v) is 17.3. The Morgan fingerprint density at radius 1 is 0.353 bits per heavy atom. The van der Waals surface area contributed by atoms with E-state index in [0.717, 1.165) is 39.1 Å². The molecule has 7 aromatic rings.